The number of alkyl halides is 3. The molecule has 1 amide bonds. The molecular weight excluding hydrogens is 327 g/mol. The SMILES string of the molecule is NNC(=O)C1=NO[C@@H](CNc2ncc(C(F)(F)F)cc2Cl)C1. The first-order valence-electron chi connectivity index (χ1n) is 6.01. The van der Waals surface area contributed by atoms with E-state index in [9.17, 15) is 18.0 Å². The number of hydrazine groups is 1. The molecule has 4 N–H and O–H groups in total. The molecule has 0 unspecified atom stereocenters. The van der Waals surface area contributed by atoms with Gasteiger partial charge < -0.3 is 10.2 Å². The van der Waals surface area contributed by atoms with Crippen LogP contribution >= 0.6 is 11.6 Å². The Morgan fingerprint density at radius 2 is 2.27 bits per heavy atom. The van der Waals surface area contributed by atoms with Crippen LogP contribution in [0.3, 0.4) is 0 Å². The first-order chi connectivity index (χ1) is 10.3. The number of oxime groups is 1. The molecule has 0 bridgehead atoms. The molecule has 120 valence electrons. The van der Waals surface area contributed by atoms with Crippen LogP contribution in [0.15, 0.2) is 17.4 Å². The van der Waals surface area contributed by atoms with Crippen LogP contribution in [-0.4, -0.2) is 29.3 Å². The Bertz CT molecular complexity index is 608. The third-order valence-electron chi connectivity index (χ3n) is 2.79. The molecule has 1 aromatic rings. The van der Waals surface area contributed by atoms with Gasteiger partial charge in [0.05, 0.1) is 17.1 Å². The molecule has 1 aliphatic heterocycles. The summed E-state index contributed by atoms with van der Waals surface area (Å²) < 4.78 is 37.4. The molecule has 0 aliphatic carbocycles. The number of carbonyl (C=O) groups is 1. The van der Waals surface area contributed by atoms with Crippen LogP contribution in [0.5, 0.6) is 0 Å². The van der Waals surface area contributed by atoms with Crippen molar-refractivity contribution in [1.82, 2.24) is 10.4 Å². The zero-order chi connectivity index (χ0) is 16.3. The summed E-state index contributed by atoms with van der Waals surface area (Å²) in [4.78, 5) is 19.8. The Kier molecular flexibility index (Phi) is 4.71. The molecule has 2 rings (SSSR count). The monoisotopic (exact) mass is 337 g/mol. The number of amides is 1. The molecule has 1 atom stereocenters. The second kappa shape index (κ2) is 6.36. The second-order valence-corrected chi connectivity index (χ2v) is 4.78. The van der Waals surface area contributed by atoms with Gasteiger partial charge in [0, 0.05) is 12.6 Å². The predicted molar refractivity (Wildman–Crippen MR) is 72.0 cm³/mol. The summed E-state index contributed by atoms with van der Waals surface area (Å²) in [6, 6.07) is 0.774. The Labute approximate surface area is 127 Å². The minimum absolute atomic E-state index is 0.0787. The molecule has 0 radical (unpaired) electrons. The summed E-state index contributed by atoms with van der Waals surface area (Å²) in [5.74, 6) is 4.48. The van der Waals surface area contributed by atoms with Gasteiger partial charge in [0.2, 0.25) is 0 Å². The molecule has 1 aliphatic rings. The lowest BCUT2D eigenvalue weighted by atomic mass is 10.1. The van der Waals surface area contributed by atoms with Crippen molar-refractivity contribution in [2.24, 2.45) is 11.0 Å². The topological polar surface area (TPSA) is 102 Å². The third kappa shape index (κ3) is 3.77. The summed E-state index contributed by atoms with van der Waals surface area (Å²) in [5, 5.41) is 6.12. The Hall–Kier alpha value is -2.07. The first kappa shape index (κ1) is 16.3. The number of halogens is 4. The quantitative estimate of drug-likeness (QED) is 0.437. The van der Waals surface area contributed by atoms with Gasteiger partial charge in [-0.3, -0.25) is 10.2 Å². The third-order valence-corrected chi connectivity index (χ3v) is 3.08. The maximum atomic E-state index is 12.5. The van der Waals surface area contributed by atoms with Gasteiger partial charge >= 0.3 is 6.18 Å². The van der Waals surface area contributed by atoms with Crippen LogP contribution < -0.4 is 16.6 Å². The van der Waals surface area contributed by atoms with Crippen molar-refractivity contribution in [2.45, 2.75) is 18.7 Å². The molecule has 0 saturated heterocycles. The molecule has 0 spiro atoms. The lowest BCUT2D eigenvalue weighted by Crippen LogP contribution is -2.36. The van der Waals surface area contributed by atoms with Gasteiger partial charge in [0.1, 0.15) is 11.5 Å². The van der Waals surface area contributed by atoms with E-state index in [0.29, 0.717) is 6.20 Å². The number of aromatic nitrogens is 1. The fraction of sp³-hybridized carbons (Fsp3) is 0.364. The van der Waals surface area contributed by atoms with Gasteiger partial charge in [-0.15, -0.1) is 0 Å². The van der Waals surface area contributed by atoms with Gasteiger partial charge in [-0.05, 0) is 6.07 Å². The van der Waals surface area contributed by atoms with E-state index in [0.717, 1.165) is 6.07 Å². The highest BCUT2D eigenvalue weighted by molar-refractivity contribution is 6.39. The number of anilines is 1. The molecule has 0 fully saturated rings. The fourth-order valence-electron chi connectivity index (χ4n) is 1.69. The van der Waals surface area contributed by atoms with E-state index >= 15 is 0 Å². The Balaban J connectivity index is 1.92. The van der Waals surface area contributed by atoms with Gasteiger partial charge in [-0.2, -0.15) is 13.2 Å². The van der Waals surface area contributed by atoms with Gasteiger partial charge in [-0.25, -0.2) is 10.8 Å². The van der Waals surface area contributed by atoms with E-state index in [2.05, 4.69) is 15.5 Å². The van der Waals surface area contributed by atoms with E-state index in [4.69, 9.17) is 22.3 Å². The summed E-state index contributed by atoms with van der Waals surface area (Å²) >= 11 is 5.75. The standard InChI is InChI=1S/C11H11ClF3N5O2/c12-7-1-5(11(13,14)15)3-17-9(7)18-4-6-2-8(20-22-6)10(21)19-16/h1,3,6H,2,4,16H2,(H,17,18)(H,19,21)/t6-/m1/s1. The number of hydrogen-bond donors (Lipinski definition) is 3. The number of hydrogen-bond acceptors (Lipinski definition) is 6. The molecule has 7 nitrogen and oxygen atoms in total. The highest BCUT2D eigenvalue weighted by Gasteiger charge is 2.32. The van der Waals surface area contributed by atoms with Crippen molar-refractivity contribution in [2.75, 3.05) is 11.9 Å². The molecule has 22 heavy (non-hydrogen) atoms. The second-order valence-electron chi connectivity index (χ2n) is 4.38. The molecule has 0 saturated carbocycles. The minimum atomic E-state index is -4.51. The van der Waals surface area contributed by atoms with Crippen molar-refractivity contribution in [1.29, 1.82) is 0 Å². The van der Waals surface area contributed by atoms with Crippen molar-refractivity contribution in [3.63, 3.8) is 0 Å². The van der Waals surface area contributed by atoms with Gasteiger partial charge in [-0.1, -0.05) is 16.8 Å². The van der Waals surface area contributed by atoms with Crippen molar-refractivity contribution in [3.8, 4) is 0 Å². The number of carbonyl (C=O) groups excluding carboxylic acids is 1. The van der Waals surface area contributed by atoms with Gasteiger partial charge in [0.15, 0.2) is 6.10 Å². The maximum absolute atomic E-state index is 12.5. The van der Waals surface area contributed by atoms with Crippen LogP contribution in [0.25, 0.3) is 0 Å². The molecule has 0 aromatic carbocycles. The van der Waals surface area contributed by atoms with E-state index < -0.39 is 23.8 Å². The van der Waals surface area contributed by atoms with Crippen LogP contribution in [0.4, 0.5) is 19.0 Å². The Morgan fingerprint density at radius 3 is 2.86 bits per heavy atom. The number of nitrogens with zero attached hydrogens (tertiary/aromatic N) is 2. The summed E-state index contributed by atoms with van der Waals surface area (Å²) in [7, 11) is 0. The maximum Gasteiger partial charge on any atom is 0.417 e. The average Bonchev–Trinajstić information content (AvgIpc) is 2.93. The molecule has 2 heterocycles. The van der Waals surface area contributed by atoms with Crippen molar-refractivity contribution >= 4 is 29.0 Å². The van der Waals surface area contributed by atoms with Crippen molar-refractivity contribution in [3.05, 3.63) is 22.8 Å². The lowest BCUT2D eigenvalue weighted by molar-refractivity contribution is -0.137. The summed E-state index contributed by atoms with van der Waals surface area (Å²) in [6.45, 7) is 0.156. The molecule has 1 aromatic heterocycles. The zero-order valence-corrected chi connectivity index (χ0v) is 11.7. The number of pyridine rings is 1. The van der Waals surface area contributed by atoms with E-state index in [1.165, 1.54) is 0 Å². The minimum Gasteiger partial charge on any atom is -0.390 e. The number of nitrogens with one attached hydrogen (secondary N) is 2. The first-order valence-corrected chi connectivity index (χ1v) is 6.39. The highest BCUT2D eigenvalue weighted by Crippen LogP contribution is 2.32. The van der Waals surface area contributed by atoms with Crippen molar-refractivity contribution < 1.29 is 22.8 Å². The average molecular weight is 338 g/mol. The highest BCUT2D eigenvalue weighted by atomic mass is 35.5. The predicted octanol–water partition coefficient (Wildman–Crippen LogP) is 1.30. The normalized spacial score (nSPS) is 17.7. The molecular formula is C11H11ClF3N5O2. The Morgan fingerprint density at radius 1 is 1.55 bits per heavy atom. The smallest absolute Gasteiger partial charge is 0.390 e. The largest absolute Gasteiger partial charge is 0.417 e. The van der Waals surface area contributed by atoms with E-state index in [-0.39, 0.29) is 29.5 Å². The zero-order valence-electron chi connectivity index (χ0n) is 10.9. The van der Waals surface area contributed by atoms with Crippen LogP contribution in [-0.2, 0) is 15.8 Å². The van der Waals surface area contributed by atoms with E-state index in [1.807, 2.05) is 5.43 Å². The summed E-state index contributed by atoms with van der Waals surface area (Å²) in [6.07, 6.45) is -4.11. The van der Waals surface area contributed by atoms with E-state index in [1.54, 1.807) is 0 Å². The number of nitrogens with two attached hydrogens (primary N) is 1. The molecule has 11 heteroatoms. The number of rotatable bonds is 4. The van der Waals surface area contributed by atoms with Crippen LogP contribution in [0.1, 0.15) is 12.0 Å². The van der Waals surface area contributed by atoms with Gasteiger partial charge in [0.25, 0.3) is 5.91 Å². The lowest BCUT2D eigenvalue weighted by Gasteiger charge is -2.13. The van der Waals surface area contributed by atoms with Crippen LogP contribution in [0, 0.1) is 0 Å². The summed E-state index contributed by atoms with van der Waals surface area (Å²) in [5.41, 5.74) is 1.11. The fourth-order valence-corrected chi connectivity index (χ4v) is 1.92. The van der Waals surface area contributed by atoms with Crippen LogP contribution in [0.2, 0.25) is 5.02 Å².